The largest absolute Gasteiger partial charge is 0.463 e. The van der Waals surface area contributed by atoms with Gasteiger partial charge in [0, 0.05) is 29.5 Å². The number of H-pyrrole nitrogens is 1. The fourth-order valence-corrected chi connectivity index (χ4v) is 3.91. The highest BCUT2D eigenvalue weighted by molar-refractivity contribution is 5.70. The highest BCUT2D eigenvalue weighted by Crippen LogP contribution is 2.35. The molecular weight excluding hydrogens is 398 g/mol. The van der Waals surface area contributed by atoms with Crippen molar-refractivity contribution < 1.29 is 24.1 Å². The van der Waals surface area contributed by atoms with E-state index in [9.17, 15) is 19.5 Å². The minimum atomic E-state index is -0.995. The van der Waals surface area contributed by atoms with E-state index < -0.39 is 46.8 Å². The van der Waals surface area contributed by atoms with Crippen molar-refractivity contribution >= 4 is 5.97 Å². The van der Waals surface area contributed by atoms with Gasteiger partial charge in [-0.15, -0.1) is 0 Å². The molecule has 12 nitrogen and oxygen atoms in total. The van der Waals surface area contributed by atoms with Crippen LogP contribution in [0, 0.1) is 6.92 Å². The Labute approximate surface area is 171 Å². The molecule has 2 fully saturated rings. The first-order chi connectivity index (χ1) is 14.0. The second-order valence-corrected chi connectivity index (χ2v) is 8.39. The molecule has 2 aliphatic heterocycles. The van der Waals surface area contributed by atoms with E-state index in [4.69, 9.17) is 19.7 Å². The average molecular weight is 423 g/mol. The fourth-order valence-electron chi connectivity index (χ4n) is 3.91. The number of aromatic nitrogens is 2. The van der Waals surface area contributed by atoms with E-state index in [0.717, 1.165) is 0 Å². The summed E-state index contributed by atoms with van der Waals surface area (Å²) in [5.74, 6) is -0.543. The van der Waals surface area contributed by atoms with Gasteiger partial charge in [-0.3, -0.25) is 19.1 Å². The molecule has 1 aromatic rings. The van der Waals surface area contributed by atoms with Gasteiger partial charge in [0.15, 0.2) is 0 Å². The maximum atomic E-state index is 12.3. The average Bonchev–Trinajstić information content (AvgIpc) is 3.16. The van der Waals surface area contributed by atoms with Crippen LogP contribution >= 0.6 is 0 Å². The Morgan fingerprint density at radius 3 is 2.87 bits per heavy atom. The molecule has 0 bridgehead atoms. The molecule has 1 unspecified atom stereocenters. The molecule has 2 aliphatic rings. The summed E-state index contributed by atoms with van der Waals surface area (Å²) in [5.41, 5.74) is 6.19. The number of aryl methyl sites for hydroxylation is 1. The van der Waals surface area contributed by atoms with Gasteiger partial charge < -0.3 is 19.3 Å². The van der Waals surface area contributed by atoms with Gasteiger partial charge in [-0.1, -0.05) is 5.11 Å². The summed E-state index contributed by atoms with van der Waals surface area (Å²) < 4.78 is 17.9. The minimum Gasteiger partial charge on any atom is -0.463 e. The van der Waals surface area contributed by atoms with Gasteiger partial charge in [-0.25, -0.2) is 4.79 Å². The zero-order chi connectivity index (χ0) is 22.1. The lowest BCUT2D eigenvalue weighted by Gasteiger charge is -2.23. The van der Waals surface area contributed by atoms with Crippen molar-refractivity contribution in [2.45, 2.75) is 69.6 Å². The minimum absolute atomic E-state index is 0.0515. The van der Waals surface area contributed by atoms with Crippen LogP contribution in [0.15, 0.2) is 20.9 Å². The number of nitrogens with zero attached hydrogens (tertiary/aromatic N) is 4. The first-order valence-electron chi connectivity index (χ1n) is 9.56. The zero-order valence-corrected chi connectivity index (χ0v) is 17.0. The second kappa shape index (κ2) is 8.23. The molecule has 5 atom stereocenters. The number of aromatic amines is 1. The maximum absolute atomic E-state index is 12.3. The van der Waals surface area contributed by atoms with E-state index in [-0.39, 0.29) is 26.1 Å². The molecule has 2 saturated heterocycles. The Balaban J connectivity index is 1.64. The van der Waals surface area contributed by atoms with Crippen LogP contribution in [0.4, 0.5) is 0 Å². The summed E-state index contributed by atoms with van der Waals surface area (Å²) in [5, 5.41) is 13.7. The van der Waals surface area contributed by atoms with Gasteiger partial charge in [0.1, 0.15) is 18.9 Å². The van der Waals surface area contributed by atoms with Gasteiger partial charge >= 0.3 is 11.7 Å². The van der Waals surface area contributed by atoms with Crippen molar-refractivity contribution in [3.8, 4) is 0 Å². The third kappa shape index (κ3) is 4.90. The molecule has 12 heteroatoms. The summed E-state index contributed by atoms with van der Waals surface area (Å²) >= 11 is 0. The summed E-state index contributed by atoms with van der Waals surface area (Å²) in [6.45, 7) is 4.88. The summed E-state index contributed by atoms with van der Waals surface area (Å²) in [7, 11) is 0. The van der Waals surface area contributed by atoms with Crippen LogP contribution in [-0.4, -0.2) is 57.2 Å². The number of nitrogens with one attached hydrogen (secondary N) is 1. The highest BCUT2D eigenvalue weighted by Gasteiger charge is 2.44. The van der Waals surface area contributed by atoms with Crippen LogP contribution in [0.25, 0.3) is 10.4 Å². The topological polar surface area (TPSA) is 169 Å². The van der Waals surface area contributed by atoms with Crippen LogP contribution in [0.3, 0.4) is 0 Å². The molecule has 164 valence electrons. The van der Waals surface area contributed by atoms with Crippen molar-refractivity contribution in [1.82, 2.24) is 9.55 Å². The molecule has 0 spiro atoms. The molecule has 0 amide bonds. The van der Waals surface area contributed by atoms with Crippen LogP contribution in [-0.2, 0) is 19.0 Å². The van der Waals surface area contributed by atoms with Crippen LogP contribution < -0.4 is 11.2 Å². The summed E-state index contributed by atoms with van der Waals surface area (Å²) in [6.07, 6.45) is 0.267. The van der Waals surface area contributed by atoms with E-state index in [1.54, 1.807) is 20.8 Å². The van der Waals surface area contributed by atoms with Crippen LogP contribution in [0.2, 0.25) is 0 Å². The zero-order valence-electron chi connectivity index (χ0n) is 17.0. The first-order valence-corrected chi connectivity index (χ1v) is 9.56. The molecule has 3 heterocycles. The SMILES string of the molecule is Cc1cn([C@H]2C[C@H](N=[N+]=[N-])[C@@H](COC(=O)CC3(C)C[C@@](C)(O)CO3)O2)c(=O)[nH]c1=O. The lowest BCUT2D eigenvalue weighted by atomic mass is 9.91. The van der Waals surface area contributed by atoms with Gasteiger partial charge in [-0.2, -0.15) is 0 Å². The second-order valence-electron chi connectivity index (χ2n) is 8.39. The van der Waals surface area contributed by atoms with Crippen molar-refractivity contribution in [2.24, 2.45) is 5.11 Å². The lowest BCUT2D eigenvalue weighted by molar-refractivity contribution is -0.154. The quantitative estimate of drug-likeness (QED) is 0.293. The van der Waals surface area contributed by atoms with E-state index in [1.165, 1.54) is 10.8 Å². The Bertz CT molecular complexity index is 980. The molecule has 0 aromatic carbocycles. The molecule has 3 rings (SSSR count). The number of hydrogen-bond acceptors (Lipinski definition) is 8. The smallest absolute Gasteiger partial charge is 0.330 e. The highest BCUT2D eigenvalue weighted by atomic mass is 16.6. The van der Waals surface area contributed by atoms with Gasteiger partial charge in [0.25, 0.3) is 5.56 Å². The normalized spacial score (nSPS) is 33.3. The maximum Gasteiger partial charge on any atom is 0.330 e. The predicted octanol–water partition coefficient (Wildman–Crippen LogP) is 0.675. The number of carbonyl (C=O) groups is 1. The Hall–Kier alpha value is -2.66. The number of aliphatic hydroxyl groups is 1. The predicted molar refractivity (Wildman–Crippen MR) is 103 cm³/mol. The van der Waals surface area contributed by atoms with Gasteiger partial charge in [0.2, 0.25) is 0 Å². The number of hydrogen-bond donors (Lipinski definition) is 2. The Kier molecular flexibility index (Phi) is 6.04. The molecule has 0 aliphatic carbocycles. The molecule has 0 saturated carbocycles. The summed E-state index contributed by atoms with van der Waals surface area (Å²) in [4.78, 5) is 40.9. The molecule has 1 aromatic heterocycles. The van der Waals surface area contributed by atoms with Crippen molar-refractivity contribution in [2.75, 3.05) is 13.2 Å². The summed E-state index contributed by atoms with van der Waals surface area (Å²) in [6, 6.07) is -0.661. The van der Waals surface area contributed by atoms with E-state index >= 15 is 0 Å². The number of rotatable bonds is 6. The lowest BCUT2D eigenvalue weighted by Crippen LogP contribution is -2.34. The standard InChI is InChI=1S/C18H25N5O7/c1-10-6-23(16(26)20-15(10)25)13-4-11(21-22-19)12(30-13)7-28-14(24)5-18(3)8-17(2,27)9-29-18/h6,11-13,27H,4-5,7-9H2,1-3H3,(H,20,25,26)/t11-,12+,13+,17+,18?/m0/s1. The first kappa shape index (κ1) is 22.0. The van der Waals surface area contributed by atoms with Crippen molar-refractivity contribution in [3.63, 3.8) is 0 Å². The Morgan fingerprint density at radius 2 is 2.23 bits per heavy atom. The molecular formula is C18H25N5O7. The van der Waals surface area contributed by atoms with Gasteiger partial charge in [-0.05, 0) is 26.3 Å². The van der Waals surface area contributed by atoms with E-state index in [0.29, 0.717) is 12.0 Å². The number of carbonyl (C=O) groups excluding carboxylic acids is 1. The van der Waals surface area contributed by atoms with E-state index in [1.807, 2.05) is 0 Å². The van der Waals surface area contributed by atoms with Crippen molar-refractivity contribution in [1.29, 1.82) is 0 Å². The fraction of sp³-hybridized carbons (Fsp3) is 0.722. The number of azide groups is 1. The molecule has 0 radical (unpaired) electrons. The third-order valence-electron chi connectivity index (χ3n) is 5.27. The van der Waals surface area contributed by atoms with Crippen molar-refractivity contribution in [3.05, 3.63) is 43.0 Å². The van der Waals surface area contributed by atoms with Gasteiger partial charge in [0.05, 0.1) is 30.3 Å². The molecule has 2 N–H and O–H groups in total. The number of ether oxygens (including phenoxy) is 3. The third-order valence-corrected chi connectivity index (χ3v) is 5.27. The van der Waals surface area contributed by atoms with Crippen LogP contribution in [0.5, 0.6) is 0 Å². The monoisotopic (exact) mass is 423 g/mol. The Morgan fingerprint density at radius 1 is 1.50 bits per heavy atom. The van der Waals surface area contributed by atoms with Crippen LogP contribution in [0.1, 0.15) is 44.9 Å². The number of esters is 1. The van der Waals surface area contributed by atoms with E-state index in [2.05, 4.69) is 15.0 Å². The molecule has 30 heavy (non-hydrogen) atoms.